The fourth-order valence-electron chi connectivity index (χ4n) is 5.76. The van der Waals surface area contributed by atoms with Crippen LogP contribution in [-0.4, -0.2) is 62.7 Å². The van der Waals surface area contributed by atoms with E-state index in [0.29, 0.717) is 45.7 Å². The van der Waals surface area contributed by atoms with E-state index < -0.39 is 33.4 Å². The number of carbonyl (C=O) groups is 4. The first-order chi connectivity index (χ1) is 24.5. The molecule has 1 aliphatic rings. The number of imidazole rings is 1. The standard InChI is InChI=1S/C32H37N5O13P2/c1-2-3-6-26-35-30-31(36(26)18-20-17-22(49-51(42,43)44)11-13-25(20)50-52(45,46)47)23-16-19(9-12-24(23)34-32(30)33)8-10-21(38)5-4-7-29(41)48-37-27(39)14-15-28(37)40/h9,11-13,16-17H,2-8,10,14-15,18H2,1H3,(H2,33,34)(H2,42,43,44)(H2,45,46,47). The number of nitrogens with two attached hydrogens (primary N) is 1. The summed E-state index contributed by atoms with van der Waals surface area (Å²) >= 11 is 0. The Morgan fingerprint density at radius 1 is 0.885 bits per heavy atom. The second-order valence-corrected chi connectivity index (χ2v) is 14.5. The van der Waals surface area contributed by atoms with Crippen molar-refractivity contribution < 1.29 is 61.8 Å². The number of Topliss-reactive ketones (excluding diaryl/α,β-unsaturated/α-hetero) is 1. The van der Waals surface area contributed by atoms with Crippen molar-refractivity contribution in [2.45, 2.75) is 77.7 Å². The van der Waals surface area contributed by atoms with Crippen LogP contribution in [0.2, 0.25) is 0 Å². The third-order valence-electron chi connectivity index (χ3n) is 8.13. The highest BCUT2D eigenvalue weighted by Crippen LogP contribution is 2.43. The molecule has 6 N–H and O–H groups in total. The SMILES string of the molecule is CCCCc1nc2c(N)nc3ccc(CCC(=O)CCCC(=O)ON4C(=O)CCC4=O)cc3c2n1Cc1cc(OP(=O)(O)O)ccc1OP(=O)(O)O. The summed E-state index contributed by atoms with van der Waals surface area (Å²) in [6.07, 6.45) is 2.55. The van der Waals surface area contributed by atoms with Gasteiger partial charge in [0.25, 0.3) is 11.8 Å². The number of aromatic nitrogens is 3. The third kappa shape index (κ3) is 9.79. The van der Waals surface area contributed by atoms with Crippen LogP contribution in [-0.2, 0) is 52.5 Å². The summed E-state index contributed by atoms with van der Waals surface area (Å²) in [5.41, 5.74) is 8.63. The molecule has 0 atom stereocenters. The van der Waals surface area contributed by atoms with Gasteiger partial charge in [0, 0.05) is 49.5 Å². The normalized spacial score (nSPS) is 13.7. The summed E-state index contributed by atoms with van der Waals surface area (Å²) in [6.45, 7) is 1.86. The predicted octanol–water partition coefficient (Wildman–Crippen LogP) is 3.78. The maximum atomic E-state index is 12.7. The summed E-state index contributed by atoms with van der Waals surface area (Å²) < 4.78 is 34.8. The van der Waals surface area contributed by atoms with Gasteiger partial charge in [0.1, 0.15) is 28.6 Å². The maximum absolute atomic E-state index is 12.7. The third-order valence-corrected chi connectivity index (χ3v) is 9.01. The van der Waals surface area contributed by atoms with Gasteiger partial charge in [-0.15, -0.1) is 5.06 Å². The van der Waals surface area contributed by atoms with Crippen LogP contribution in [0.25, 0.3) is 21.9 Å². The number of hydrogen-bond donors (Lipinski definition) is 5. The second kappa shape index (κ2) is 15.9. The molecule has 1 fully saturated rings. The number of unbranched alkanes of at least 4 members (excludes halogenated alkanes) is 1. The van der Waals surface area contributed by atoms with E-state index in [1.165, 1.54) is 6.07 Å². The van der Waals surface area contributed by atoms with Crippen LogP contribution in [0.4, 0.5) is 5.82 Å². The Bertz CT molecular complexity index is 2130. The lowest BCUT2D eigenvalue weighted by Gasteiger charge is -2.17. The zero-order chi connectivity index (χ0) is 37.8. The number of benzene rings is 2. The van der Waals surface area contributed by atoms with Crippen molar-refractivity contribution in [2.75, 3.05) is 5.73 Å². The molecule has 52 heavy (non-hydrogen) atoms. The molecule has 5 rings (SSSR count). The summed E-state index contributed by atoms with van der Waals surface area (Å²) in [7, 11) is -10.0. The monoisotopic (exact) mass is 761 g/mol. The van der Waals surface area contributed by atoms with E-state index in [4.69, 9.17) is 24.6 Å². The van der Waals surface area contributed by atoms with Crippen LogP contribution in [0, 0.1) is 0 Å². The fraction of sp³-hybridized carbons (Fsp3) is 0.375. The number of imide groups is 1. The second-order valence-electron chi connectivity index (χ2n) is 12.1. The van der Waals surface area contributed by atoms with Gasteiger partial charge in [-0.25, -0.2) is 23.9 Å². The number of phosphoric ester groups is 2. The van der Waals surface area contributed by atoms with Gasteiger partial charge in [0.15, 0.2) is 5.82 Å². The Kier molecular flexibility index (Phi) is 11.8. The molecule has 0 spiro atoms. The molecular formula is C32H37N5O13P2. The molecule has 20 heteroatoms. The van der Waals surface area contributed by atoms with Crippen LogP contribution in [0.1, 0.15) is 75.2 Å². The highest BCUT2D eigenvalue weighted by atomic mass is 31.2. The van der Waals surface area contributed by atoms with Crippen LogP contribution < -0.4 is 14.8 Å². The van der Waals surface area contributed by atoms with Crippen LogP contribution >= 0.6 is 15.6 Å². The molecule has 278 valence electrons. The minimum atomic E-state index is -5.06. The molecule has 0 unspecified atom stereocenters. The predicted molar refractivity (Wildman–Crippen MR) is 183 cm³/mol. The molecule has 1 aliphatic heterocycles. The zero-order valence-corrected chi connectivity index (χ0v) is 29.8. The first-order valence-electron chi connectivity index (χ1n) is 16.3. The van der Waals surface area contributed by atoms with Crippen molar-refractivity contribution in [3.05, 3.63) is 53.3 Å². The Hall–Kier alpha value is -4.70. The van der Waals surface area contributed by atoms with Crippen molar-refractivity contribution >= 4 is 67.0 Å². The minimum Gasteiger partial charge on any atom is -0.404 e. The van der Waals surface area contributed by atoms with E-state index >= 15 is 0 Å². The van der Waals surface area contributed by atoms with E-state index in [1.807, 2.05) is 13.0 Å². The molecule has 0 aliphatic carbocycles. The number of hydrogen-bond acceptors (Lipinski definition) is 12. The van der Waals surface area contributed by atoms with Gasteiger partial charge in [-0.1, -0.05) is 19.4 Å². The number of hydroxylamine groups is 2. The number of rotatable bonds is 17. The van der Waals surface area contributed by atoms with Crippen molar-refractivity contribution in [3.63, 3.8) is 0 Å². The van der Waals surface area contributed by atoms with Crippen LogP contribution in [0.3, 0.4) is 0 Å². The number of aryl methyl sites for hydroxylation is 2. The number of fused-ring (bicyclic) bond motifs is 3. The molecule has 3 heterocycles. The van der Waals surface area contributed by atoms with Gasteiger partial charge >= 0.3 is 21.6 Å². The summed E-state index contributed by atoms with van der Waals surface area (Å²) in [4.78, 5) is 100. The topological polar surface area (TPSA) is 271 Å². The minimum absolute atomic E-state index is 0.0168. The largest absolute Gasteiger partial charge is 0.524 e. The number of phosphoric acid groups is 2. The Balaban J connectivity index is 1.42. The van der Waals surface area contributed by atoms with Gasteiger partial charge in [-0.2, -0.15) is 0 Å². The first kappa shape index (κ1) is 38.5. The van der Waals surface area contributed by atoms with Gasteiger partial charge in [0.05, 0.1) is 17.6 Å². The molecular weight excluding hydrogens is 724 g/mol. The molecule has 0 bridgehead atoms. The summed E-state index contributed by atoms with van der Waals surface area (Å²) in [5.74, 6) is -1.91. The average Bonchev–Trinajstić information content (AvgIpc) is 3.58. The fourth-order valence-corrected chi connectivity index (χ4v) is 6.58. The lowest BCUT2D eigenvalue weighted by atomic mass is 10.0. The molecule has 4 aromatic rings. The smallest absolute Gasteiger partial charge is 0.404 e. The van der Waals surface area contributed by atoms with Gasteiger partial charge < -0.3 is 24.2 Å². The Labute approximate surface area is 296 Å². The molecule has 18 nitrogen and oxygen atoms in total. The highest BCUT2D eigenvalue weighted by molar-refractivity contribution is 7.47. The van der Waals surface area contributed by atoms with Crippen LogP contribution in [0.5, 0.6) is 11.5 Å². The summed E-state index contributed by atoms with van der Waals surface area (Å²) in [6, 6.07) is 8.80. The average molecular weight is 762 g/mol. The Morgan fingerprint density at radius 3 is 2.27 bits per heavy atom. The number of anilines is 1. The van der Waals surface area contributed by atoms with E-state index in [0.717, 1.165) is 30.5 Å². The van der Waals surface area contributed by atoms with Gasteiger partial charge in [-0.05, 0) is 55.2 Å². The first-order valence-corrected chi connectivity index (χ1v) is 19.4. The molecule has 2 aromatic carbocycles. The molecule has 2 amide bonds. The lowest BCUT2D eigenvalue weighted by Crippen LogP contribution is -2.32. The maximum Gasteiger partial charge on any atom is 0.524 e. The van der Waals surface area contributed by atoms with Crippen LogP contribution in [0.15, 0.2) is 36.4 Å². The molecule has 1 saturated heterocycles. The van der Waals surface area contributed by atoms with E-state index in [-0.39, 0.29) is 73.7 Å². The number of ketones is 1. The van der Waals surface area contributed by atoms with Crippen molar-refractivity contribution in [2.24, 2.45) is 0 Å². The molecule has 0 saturated carbocycles. The number of nitrogen functional groups attached to an aromatic ring is 1. The van der Waals surface area contributed by atoms with E-state index in [2.05, 4.69) is 4.98 Å². The number of nitrogens with zero attached hydrogens (tertiary/aromatic N) is 4. The van der Waals surface area contributed by atoms with Crippen molar-refractivity contribution in [3.8, 4) is 11.5 Å². The van der Waals surface area contributed by atoms with Crippen molar-refractivity contribution in [1.82, 2.24) is 19.6 Å². The van der Waals surface area contributed by atoms with E-state index in [1.54, 1.807) is 16.7 Å². The molecule has 2 aromatic heterocycles. The Morgan fingerprint density at radius 2 is 1.60 bits per heavy atom. The van der Waals surface area contributed by atoms with Gasteiger partial charge in [0.2, 0.25) is 0 Å². The quantitative estimate of drug-likeness (QED) is 0.0756. The van der Waals surface area contributed by atoms with Gasteiger partial charge in [-0.3, -0.25) is 34.0 Å². The van der Waals surface area contributed by atoms with E-state index in [9.17, 15) is 47.9 Å². The number of pyridine rings is 1. The highest BCUT2D eigenvalue weighted by Gasteiger charge is 2.32. The number of carbonyl (C=O) groups excluding carboxylic acids is 4. The zero-order valence-electron chi connectivity index (χ0n) is 28.0. The van der Waals surface area contributed by atoms with Crippen molar-refractivity contribution in [1.29, 1.82) is 0 Å². The number of amides is 2. The molecule has 0 radical (unpaired) electrons. The summed E-state index contributed by atoms with van der Waals surface area (Å²) in [5, 5.41) is 1.08. The lowest BCUT2D eigenvalue weighted by molar-refractivity contribution is -0.197.